The maximum atomic E-state index is 12.9. The maximum Gasteiger partial charge on any atom is 0.323 e. The first-order chi connectivity index (χ1) is 9.02. The second-order valence-corrected chi connectivity index (χ2v) is 4.10. The SMILES string of the molecule is CCCN(CC(=O)O)C(=O)NCc1cccc(F)c1. The predicted molar refractivity (Wildman–Crippen MR) is 68.1 cm³/mol. The fourth-order valence-corrected chi connectivity index (χ4v) is 1.62. The number of nitrogens with zero attached hydrogens (tertiary/aromatic N) is 1. The Balaban J connectivity index is 2.54. The zero-order valence-corrected chi connectivity index (χ0v) is 10.7. The summed E-state index contributed by atoms with van der Waals surface area (Å²) < 4.78 is 12.9. The van der Waals surface area contributed by atoms with Gasteiger partial charge in [0.15, 0.2) is 0 Å². The third-order valence-electron chi connectivity index (χ3n) is 2.44. The van der Waals surface area contributed by atoms with Crippen LogP contribution in [0.5, 0.6) is 0 Å². The number of nitrogens with one attached hydrogen (secondary N) is 1. The van der Waals surface area contributed by atoms with Gasteiger partial charge in [0.1, 0.15) is 12.4 Å². The highest BCUT2D eigenvalue weighted by Gasteiger charge is 2.15. The first kappa shape index (κ1) is 14.9. The van der Waals surface area contributed by atoms with E-state index in [1.165, 1.54) is 17.0 Å². The van der Waals surface area contributed by atoms with Crippen molar-refractivity contribution in [1.82, 2.24) is 10.2 Å². The summed E-state index contributed by atoms with van der Waals surface area (Å²) in [5.41, 5.74) is 0.625. The number of aliphatic carboxylic acids is 1. The molecule has 0 unspecified atom stereocenters. The fraction of sp³-hybridized carbons (Fsp3) is 0.385. The van der Waals surface area contributed by atoms with Crippen molar-refractivity contribution >= 4 is 12.0 Å². The number of urea groups is 1. The largest absolute Gasteiger partial charge is 0.480 e. The lowest BCUT2D eigenvalue weighted by molar-refractivity contribution is -0.137. The molecule has 0 aliphatic rings. The minimum Gasteiger partial charge on any atom is -0.480 e. The van der Waals surface area contributed by atoms with Gasteiger partial charge in [0.2, 0.25) is 0 Å². The Hall–Kier alpha value is -2.11. The molecule has 0 saturated carbocycles. The van der Waals surface area contributed by atoms with Crippen molar-refractivity contribution in [2.75, 3.05) is 13.1 Å². The molecule has 0 fully saturated rings. The van der Waals surface area contributed by atoms with E-state index in [4.69, 9.17) is 5.11 Å². The Labute approximate surface area is 111 Å². The Morgan fingerprint density at radius 1 is 1.42 bits per heavy atom. The average molecular weight is 268 g/mol. The molecule has 6 heteroatoms. The van der Waals surface area contributed by atoms with Gasteiger partial charge in [0.05, 0.1) is 0 Å². The van der Waals surface area contributed by atoms with Crippen LogP contribution >= 0.6 is 0 Å². The normalized spacial score (nSPS) is 10.0. The number of carbonyl (C=O) groups excluding carboxylic acids is 1. The molecule has 1 rings (SSSR count). The number of hydrogen-bond donors (Lipinski definition) is 2. The Bertz CT molecular complexity index is 451. The van der Waals surface area contributed by atoms with Crippen LogP contribution in [0, 0.1) is 5.82 Å². The molecule has 2 amide bonds. The van der Waals surface area contributed by atoms with Crippen molar-refractivity contribution in [2.45, 2.75) is 19.9 Å². The van der Waals surface area contributed by atoms with E-state index >= 15 is 0 Å². The number of amides is 2. The molecular weight excluding hydrogens is 251 g/mol. The van der Waals surface area contributed by atoms with E-state index in [-0.39, 0.29) is 18.9 Å². The van der Waals surface area contributed by atoms with E-state index in [9.17, 15) is 14.0 Å². The van der Waals surface area contributed by atoms with Crippen molar-refractivity contribution in [3.63, 3.8) is 0 Å². The highest BCUT2D eigenvalue weighted by atomic mass is 19.1. The van der Waals surface area contributed by atoms with Crippen molar-refractivity contribution in [3.05, 3.63) is 35.6 Å². The van der Waals surface area contributed by atoms with Gasteiger partial charge in [0, 0.05) is 13.1 Å². The fourth-order valence-electron chi connectivity index (χ4n) is 1.62. The van der Waals surface area contributed by atoms with Gasteiger partial charge in [-0.05, 0) is 24.1 Å². The van der Waals surface area contributed by atoms with Crippen LogP contribution in [-0.4, -0.2) is 35.1 Å². The molecule has 0 heterocycles. The van der Waals surface area contributed by atoms with Gasteiger partial charge in [-0.2, -0.15) is 0 Å². The van der Waals surface area contributed by atoms with Gasteiger partial charge in [-0.15, -0.1) is 0 Å². The number of halogens is 1. The standard InChI is InChI=1S/C13H17FN2O3/c1-2-6-16(9-12(17)18)13(19)15-8-10-4-3-5-11(14)7-10/h3-5,7H,2,6,8-9H2,1H3,(H,15,19)(H,17,18). The first-order valence-electron chi connectivity index (χ1n) is 6.02. The Morgan fingerprint density at radius 3 is 2.74 bits per heavy atom. The van der Waals surface area contributed by atoms with E-state index in [1.807, 2.05) is 6.92 Å². The molecule has 0 aromatic heterocycles. The lowest BCUT2D eigenvalue weighted by Crippen LogP contribution is -2.42. The van der Waals surface area contributed by atoms with Crippen LogP contribution in [0.3, 0.4) is 0 Å². The van der Waals surface area contributed by atoms with Crippen LogP contribution in [0.25, 0.3) is 0 Å². The molecule has 0 radical (unpaired) electrons. The second-order valence-electron chi connectivity index (χ2n) is 4.10. The predicted octanol–water partition coefficient (Wildman–Crippen LogP) is 1.83. The zero-order chi connectivity index (χ0) is 14.3. The zero-order valence-electron chi connectivity index (χ0n) is 10.7. The molecular formula is C13H17FN2O3. The number of rotatable bonds is 6. The maximum absolute atomic E-state index is 12.9. The van der Waals surface area contributed by atoms with Crippen LogP contribution < -0.4 is 5.32 Å². The van der Waals surface area contributed by atoms with Crippen molar-refractivity contribution < 1.29 is 19.1 Å². The highest BCUT2D eigenvalue weighted by Crippen LogP contribution is 2.03. The molecule has 0 bridgehead atoms. The van der Waals surface area contributed by atoms with Crippen LogP contribution in [0.4, 0.5) is 9.18 Å². The molecule has 5 nitrogen and oxygen atoms in total. The van der Waals surface area contributed by atoms with Crippen molar-refractivity contribution in [1.29, 1.82) is 0 Å². The van der Waals surface area contributed by atoms with Gasteiger partial charge in [-0.3, -0.25) is 4.79 Å². The second kappa shape index (κ2) is 7.35. The Kier molecular flexibility index (Phi) is 5.78. The van der Waals surface area contributed by atoms with E-state index < -0.39 is 12.0 Å². The topological polar surface area (TPSA) is 69.6 Å². The van der Waals surface area contributed by atoms with Crippen LogP contribution in [0.2, 0.25) is 0 Å². The third-order valence-corrected chi connectivity index (χ3v) is 2.44. The summed E-state index contributed by atoms with van der Waals surface area (Å²) in [6.07, 6.45) is 0.667. The molecule has 0 spiro atoms. The van der Waals surface area contributed by atoms with Crippen LogP contribution in [-0.2, 0) is 11.3 Å². The number of hydrogen-bond acceptors (Lipinski definition) is 2. The molecule has 0 aliphatic heterocycles. The summed E-state index contributed by atoms with van der Waals surface area (Å²) in [7, 11) is 0. The minimum absolute atomic E-state index is 0.163. The Morgan fingerprint density at radius 2 is 2.16 bits per heavy atom. The molecule has 0 atom stereocenters. The molecule has 104 valence electrons. The van der Waals surface area contributed by atoms with E-state index in [2.05, 4.69) is 5.32 Å². The lowest BCUT2D eigenvalue weighted by Gasteiger charge is -2.20. The highest BCUT2D eigenvalue weighted by molar-refractivity contribution is 5.80. The van der Waals surface area contributed by atoms with Gasteiger partial charge < -0.3 is 15.3 Å². The van der Waals surface area contributed by atoms with Crippen LogP contribution in [0.15, 0.2) is 24.3 Å². The monoisotopic (exact) mass is 268 g/mol. The summed E-state index contributed by atoms with van der Waals surface area (Å²) in [5, 5.41) is 11.3. The molecule has 0 saturated heterocycles. The van der Waals surface area contributed by atoms with Gasteiger partial charge >= 0.3 is 12.0 Å². The molecule has 19 heavy (non-hydrogen) atoms. The van der Waals surface area contributed by atoms with Crippen molar-refractivity contribution in [3.8, 4) is 0 Å². The summed E-state index contributed by atoms with van der Waals surface area (Å²) >= 11 is 0. The molecule has 0 aliphatic carbocycles. The van der Waals surface area contributed by atoms with E-state index in [0.717, 1.165) is 0 Å². The quantitative estimate of drug-likeness (QED) is 0.827. The van der Waals surface area contributed by atoms with Gasteiger partial charge in [-0.25, -0.2) is 9.18 Å². The van der Waals surface area contributed by atoms with Gasteiger partial charge in [-0.1, -0.05) is 19.1 Å². The lowest BCUT2D eigenvalue weighted by atomic mass is 10.2. The molecule has 1 aromatic rings. The van der Waals surface area contributed by atoms with E-state index in [0.29, 0.717) is 18.5 Å². The average Bonchev–Trinajstić information content (AvgIpc) is 2.35. The van der Waals surface area contributed by atoms with Crippen molar-refractivity contribution in [2.24, 2.45) is 0 Å². The summed E-state index contributed by atoms with van der Waals surface area (Å²) in [5.74, 6) is -1.43. The number of benzene rings is 1. The van der Waals surface area contributed by atoms with Gasteiger partial charge in [0.25, 0.3) is 0 Å². The third kappa shape index (κ3) is 5.37. The number of carbonyl (C=O) groups is 2. The smallest absolute Gasteiger partial charge is 0.323 e. The van der Waals surface area contributed by atoms with E-state index in [1.54, 1.807) is 12.1 Å². The summed E-state index contributed by atoms with van der Waals surface area (Å²) in [6.45, 7) is 2.04. The summed E-state index contributed by atoms with van der Waals surface area (Å²) in [6, 6.07) is 5.41. The minimum atomic E-state index is -1.06. The summed E-state index contributed by atoms with van der Waals surface area (Å²) in [4.78, 5) is 23.6. The number of carboxylic acids is 1. The number of carboxylic acid groups (broad SMARTS) is 1. The molecule has 1 aromatic carbocycles. The molecule has 2 N–H and O–H groups in total. The first-order valence-corrected chi connectivity index (χ1v) is 6.02. The van der Waals surface area contributed by atoms with Crippen LogP contribution in [0.1, 0.15) is 18.9 Å².